The molecule has 1 aromatic heterocycles. The van der Waals surface area contributed by atoms with E-state index < -0.39 is 16.0 Å². The van der Waals surface area contributed by atoms with E-state index in [1.807, 2.05) is 13.8 Å². The fourth-order valence-electron chi connectivity index (χ4n) is 2.63. The van der Waals surface area contributed by atoms with Crippen LogP contribution in [0.5, 0.6) is 0 Å². The number of aromatic carboxylic acids is 1. The number of carbonyl (C=O) groups is 1. The maximum atomic E-state index is 12.6. The van der Waals surface area contributed by atoms with E-state index in [1.54, 1.807) is 0 Å². The molecule has 1 fully saturated rings. The van der Waals surface area contributed by atoms with Gasteiger partial charge in [0.2, 0.25) is 10.0 Å². The normalized spacial score (nSPS) is 24.7. The van der Waals surface area contributed by atoms with E-state index in [-0.39, 0.29) is 22.7 Å². The molecule has 2 unspecified atom stereocenters. The quantitative estimate of drug-likeness (QED) is 0.880. The van der Waals surface area contributed by atoms with Crippen LogP contribution in [0.15, 0.2) is 17.2 Å². The lowest BCUT2D eigenvalue weighted by Crippen LogP contribution is -2.39. The predicted molar refractivity (Wildman–Crippen MR) is 69.6 cm³/mol. The van der Waals surface area contributed by atoms with E-state index in [0.717, 1.165) is 19.3 Å². The fourth-order valence-corrected chi connectivity index (χ4v) is 4.58. The van der Waals surface area contributed by atoms with Crippen LogP contribution in [0.1, 0.15) is 43.6 Å². The molecule has 0 radical (unpaired) electrons. The van der Waals surface area contributed by atoms with Gasteiger partial charge in [0, 0.05) is 18.3 Å². The summed E-state index contributed by atoms with van der Waals surface area (Å²) in [5, 5.41) is 8.84. The van der Waals surface area contributed by atoms with Crippen molar-refractivity contribution in [2.75, 3.05) is 0 Å². The number of sulfonamides is 1. The van der Waals surface area contributed by atoms with Gasteiger partial charge < -0.3 is 10.1 Å². The Kier molecular flexibility index (Phi) is 3.69. The maximum absolute atomic E-state index is 12.6. The van der Waals surface area contributed by atoms with Crippen molar-refractivity contribution < 1.29 is 18.3 Å². The van der Waals surface area contributed by atoms with Crippen LogP contribution in [0.25, 0.3) is 0 Å². The lowest BCUT2D eigenvalue weighted by molar-refractivity contribution is 0.0691. The van der Waals surface area contributed by atoms with Crippen LogP contribution in [0, 0.1) is 0 Å². The molecule has 0 bridgehead atoms. The molecule has 0 aromatic carbocycles. The molecule has 6 nitrogen and oxygen atoms in total. The molecule has 7 heteroatoms. The van der Waals surface area contributed by atoms with E-state index >= 15 is 0 Å². The molecule has 0 spiro atoms. The molecular weight excluding hydrogens is 268 g/mol. The summed E-state index contributed by atoms with van der Waals surface area (Å²) in [6, 6.07) is 1.14. The van der Waals surface area contributed by atoms with Crippen LogP contribution in [0.4, 0.5) is 0 Å². The minimum absolute atomic E-state index is 0.00294. The monoisotopic (exact) mass is 286 g/mol. The number of H-pyrrole nitrogens is 1. The Hall–Kier alpha value is -1.34. The van der Waals surface area contributed by atoms with Gasteiger partial charge in [0.15, 0.2) is 0 Å². The molecule has 2 atom stereocenters. The zero-order chi connectivity index (χ0) is 14.2. The summed E-state index contributed by atoms with van der Waals surface area (Å²) in [7, 11) is -3.62. The third kappa shape index (κ3) is 2.40. The van der Waals surface area contributed by atoms with Crippen molar-refractivity contribution in [3.05, 3.63) is 18.0 Å². The topological polar surface area (TPSA) is 90.5 Å². The van der Waals surface area contributed by atoms with Crippen LogP contribution >= 0.6 is 0 Å². The summed E-state index contributed by atoms with van der Waals surface area (Å²) < 4.78 is 26.6. The highest BCUT2D eigenvalue weighted by Gasteiger charge is 2.39. The third-order valence-electron chi connectivity index (χ3n) is 3.65. The number of carboxylic acids is 1. The minimum Gasteiger partial charge on any atom is -0.477 e. The Morgan fingerprint density at radius 2 is 2.21 bits per heavy atom. The number of hydrogen-bond acceptors (Lipinski definition) is 3. The third-order valence-corrected chi connectivity index (χ3v) is 5.69. The summed E-state index contributed by atoms with van der Waals surface area (Å²) in [4.78, 5) is 13.3. The largest absolute Gasteiger partial charge is 0.477 e. The second-order valence-corrected chi connectivity index (χ2v) is 6.72. The first-order valence-electron chi connectivity index (χ1n) is 6.33. The number of rotatable bonds is 4. The molecule has 2 rings (SSSR count). The average molecular weight is 286 g/mol. The van der Waals surface area contributed by atoms with Gasteiger partial charge in [-0.05, 0) is 32.3 Å². The summed E-state index contributed by atoms with van der Waals surface area (Å²) in [5.41, 5.74) is -0.113. The Labute approximate surface area is 112 Å². The van der Waals surface area contributed by atoms with Crippen LogP contribution in [0.3, 0.4) is 0 Å². The van der Waals surface area contributed by atoms with Crippen LogP contribution in [-0.2, 0) is 10.0 Å². The zero-order valence-corrected chi connectivity index (χ0v) is 11.8. The average Bonchev–Trinajstić information content (AvgIpc) is 2.95. The highest BCUT2D eigenvalue weighted by Crippen LogP contribution is 2.32. The van der Waals surface area contributed by atoms with E-state index in [4.69, 9.17) is 5.11 Å². The molecule has 106 valence electrons. The summed E-state index contributed by atoms with van der Waals surface area (Å²) >= 11 is 0. The lowest BCUT2D eigenvalue weighted by Gasteiger charge is -2.26. The first kappa shape index (κ1) is 14.1. The summed E-state index contributed by atoms with van der Waals surface area (Å²) in [6.07, 6.45) is 3.71. The Morgan fingerprint density at radius 3 is 2.74 bits per heavy atom. The smallest absolute Gasteiger partial charge is 0.352 e. The second-order valence-electron chi connectivity index (χ2n) is 4.88. The Balaban J connectivity index is 2.38. The van der Waals surface area contributed by atoms with Crippen LogP contribution in [0.2, 0.25) is 0 Å². The van der Waals surface area contributed by atoms with Gasteiger partial charge >= 0.3 is 5.97 Å². The van der Waals surface area contributed by atoms with Crippen molar-refractivity contribution in [1.29, 1.82) is 0 Å². The van der Waals surface area contributed by atoms with Gasteiger partial charge in [0.25, 0.3) is 0 Å². The van der Waals surface area contributed by atoms with Crippen molar-refractivity contribution in [2.24, 2.45) is 0 Å². The van der Waals surface area contributed by atoms with Gasteiger partial charge in [0.05, 0.1) is 0 Å². The molecule has 1 aliphatic heterocycles. The number of aromatic nitrogens is 1. The second kappa shape index (κ2) is 4.97. The fraction of sp³-hybridized carbons (Fsp3) is 0.583. The number of aromatic amines is 1. The van der Waals surface area contributed by atoms with Gasteiger partial charge in [-0.15, -0.1) is 0 Å². The number of hydrogen-bond donors (Lipinski definition) is 2. The van der Waals surface area contributed by atoms with Crippen molar-refractivity contribution in [3.8, 4) is 0 Å². The summed E-state index contributed by atoms with van der Waals surface area (Å²) in [6.45, 7) is 3.85. The minimum atomic E-state index is -3.62. The Morgan fingerprint density at radius 1 is 1.53 bits per heavy atom. The van der Waals surface area contributed by atoms with Gasteiger partial charge in [0.1, 0.15) is 10.6 Å². The van der Waals surface area contributed by atoms with Crippen LogP contribution in [-0.4, -0.2) is 40.9 Å². The van der Waals surface area contributed by atoms with Crippen molar-refractivity contribution >= 4 is 16.0 Å². The molecule has 1 aromatic rings. The van der Waals surface area contributed by atoms with E-state index in [9.17, 15) is 13.2 Å². The van der Waals surface area contributed by atoms with E-state index in [0.29, 0.717) is 0 Å². The number of carboxylic acid groups (broad SMARTS) is 1. The SMILES string of the molecule is CCC1CCC(C)N1S(=O)(=O)c1c[nH]c(C(=O)O)c1. The van der Waals surface area contributed by atoms with Gasteiger partial charge in [-0.1, -0.05) is 6.92 Å². The highest BCUT2D eigenvalue weighted by atomic mass is 32.2. The number of nitrogens with zero attached hydrogens (tertiary/aromatic N) is 1. The van der Waals surface area contributed by atoms with Crippen molar-refractivity contribution in [1.82, 2.24) is 9.29 Å². The molecule has 19 heavy (non-hydrogen) atoms. The summed E-state index contributed by atoms with van der Waals surface area (Å²) in [5.74, 6) is -1.16. The molecule has 0 amide bonds. The molecule has 2 N–H and O–H groups in total. The van der Waals surface area contributed by atoms with Gasteiger partial charge in [-0.25, -0.2) is 13.2 Å². The first-order valence-corrected chi connectivity index (χ1v) is 7.77. The van der Waals surface area contributed by atoms with E-state index in [2.05, 4.69) is 4.98 Å². The Bertz CT molecular complexity index is 578. The molecule has 1 saturated heterocycles. The molecular formula is C12H18N2O4S. The maximum Gasteiger partial charge on any atom is 0.352 e. The standard InChI is InChI=1S/C12H18N2O4S/c1-3-9-5-4-8(2)14(9)19(17,18)10-6-11(12(15)16)13-7-10/h6-9,13H,3-5H2,1-2H3,(H,15,16). The molecule has 1 aliphatic rings. The van der Waals surface area contributed by atoms with Gasteiger partial charge in [-0.2, -0.15) is 4.31 Å². The zero-order valence-electron chi connectivity index (χ0n) is 11.0. The van der Waals surface area contributed by atoms with Gasteiger partial charge in [-0.3, -0.25) is 0 Å². The van der Waals surface area contributed by atoms with Crippen LogP contribution < -0.4 is 0 Å². The molecule has 0 saturated carbocycles. The van der Waals surface area contributed by atoms with Crippen molar-refractivity contribution in [2.45, 2.75) is 50.1 Å². The highest BCUT2D eigenvalue weighted by molar-refractivity contribution is 7.89. The first-order chi connectivity index (χ1) is 8.87. The molecule has 2 heterocycles. The number of nitrogens with one attached hydrogen (secondary N) is 1. The van der Waals surface area contributed by atoms with E-state index in [1.165, 1.54) is 16.6 Å². The lowest BCUT2D eigenvalue weighted by atomic mass is 10.2. The van der Waals surface area contributed by atoms with Crippen molar-refractivity contribution in [3.63, 3.8) is 0 Å². The molecule has 0 aliphatic carbocycles. The predicted octanol–water partition coefficient (Wildman–Crippen LogP) is 1.66.